The van der Waals surface area contributed by atoms with Crippen LogP contribution >= 0.6 is 0 Å². The molecule has 1 aromatic heterocycles. The summed E-state index contributed by atoms with van der Waals surface area (Å²) in [4.78, 5) is 15.8. The molecule has 20 heavy (non-hydrogen) atoms. The molecule has 1 unspecified atom stereocenters. The predicted molar refractivity (Wildman–Crippen MR) is 82.4 cm³/mol. The molecule has 0 saturated heterocycles. The molecule has 4 nitrogen and oxygen atoms in total. The number of nitrogens with zero attached hydrogens (tertiary/aromatic N) is 1. The standard InChI is InChI=1S/C16H26N2O2/c1-7-12(10(2)3)17-14-9-11(15(19)20)8-13(18-14)16(4,5)6/h8-10,12H,7H2,1-6H3,(H,17,18)(H,19,20). The molecule has 0 aliphatic rings. The molecular weight excluding hydrogens is 252 g/mol. The van der Waals surface area contributed by atoms with Crippen molar-refractivity contribution < 1.29 is 9.90 Å². The van der Waals surface area contributed by atoms with Crippen LogP contribution in [0.1, 0.15) is 64.0 Å². The Morgan fingerprint density at radius 2 is 1.95 bits per heavy atom. The fourth-order valence-corrected chi connectivity index (χ4v) is 2.04. The summed E-state index contributed by atoms with van der Waals surface area (Å²) in [5.74, 6) is 0.197. The smallest absolute Gasteiger partial charge is 0.335 e. The number of aromatic carboxylic acids is 1. The zero-order valence-electron chi connectivity index (χ0n) is 13.3. The van der Waals surface area contributed by atoms with Crippen LogP contribution in [0, 0.1) is 5.92 Å². The average molecular weight is 278 g/mol. The second-order valence-corrected chi connectivity index (χ2v) is 6.58. The predicted octanol–water partition coefficient (Wildman–Crippen LogP) is 3.92. The molecule has 0 bridgehead atoms. The van der Waals surface area contributed by atoms with Crippen molar-refractivity contribution in [1.29, 1.82) is 0 Å². The van der Waals surface area contributed by atoms with E-state index < -0.39 is 5.97 Å². The topological polar surface area (TPSA) is 62.2 Å². The van der Waals surface area contributed by atoms with Crippen LogP contribution in [0.25, 0.3) is 0 Å². The van der Waals surface area contributed by atoms with Gasteiger partial charge < -0.3 is 10.4 Å². The highest BCUT2D eigenvalue weighted by molar-refractivity contribution is 5.88. The maximum absolute atomic E-state index is 11.3. The summed E-state index contributed by atoms with van der Waals surface area (Å²) in [5.41, 5.74) is 0.895. The number of carbonyl (C=O) groups is 1. The van der Waals surface area contributed by atoms with Crippen LogP contribution in [-0.2, 0) is 5.41 Å². The molecule has 0 amide bonds. The second kappa shape index (κ2) is 6.25. The molecule has 112 valence electrons. The van der Waals surface area contributed by atoms with E-state index in [4.69, 9.17) is 0 Å². The molecule has 0 fully saturated rings. The van der Waals surface area contributed by atoms with E-state index in [-0.39, 0.29) is 11.0 Å². The molecule has 1 rings (SSSR count). The number of aromatic nitrogens is 1. The van der Waals surface area contributed by atoms with Crippen molar-refractivity contribution in [2.75, 3.05) is 5.32 Å². The van der Waals surface area contributed by atoms with Gasteiger partial charge in [-0.15, -0.1) is 0 Å². The SMILES string of the molecule is CCC(Nc1cc(C(=O)O)cc(C(C)(C)C)n1)C(C)C. The Labute approximate surface area is 121 Å². The quantitative estimate of drug-likeness (QED) is 0.856. The van der Waals surface area contributed by atoms with Gasteiger partial charge in [-0.1, -0.05) is 41.5 Å². The van der Waals surface area contributed by atoms with Crippen molar-refractivity contribution in [1.82, 2.24) is 4.98 Å². The maximum Gasteiger partial charge on any atom is 0.335 e. The lowest BCUT2D eigenvalue weighted by molar-refractivity contribution is 0.0696. The molecule has 1 atom stereocenters. The summed E-state index contributed by atoms with van der Waals surface area (Å²) < 4.78 is 0. The lowest BCUT2D eigenvalue weighted by atomic mass is 9.90. The number of carboxylic acids is 1. The third-order valence-electron chi connectivity index (χ3n) is 3.42. The summed E-state index contributed by atoms with van der Waals surface area (Å²) >= 11 is 0. The molecule has 1 aromatic rings. The first-order valence-electron chi connectivity index (χ1n) is 7.17. The van der Waals surface area contributed by atoms with E-state index >= 15 is 0 Å². The van der Waals surface area contributed by atoms with Gasteiger partial charge in [0.15, 0.2) is 0 Å². The van der Waals surface area contributed by atoms with Crippen LogP contribution in [0.15, 0.2) is 12.1 Å². The van der Waals surface area contributed by atoms with Crippen molar-refractivity contribution in [2.45, 2.75) is 59.4 Å². The zero-order valence-corrected chi connectivity index (χ0v) is 13.3. The first-order chi connectivity index (χ1) is 9.15. The fourth-order valence-electron chi connectivity index (χ4n) is 2.04. The van der Waals surface area contributed by atoms with Gasteiger partial charge in [0, 0.05) is 17.2 Å². The van der Waals surface area contributed by atoms with Gasteiger partial charge in [-0.25, -0.2) is 9.78 Å². The Kier molecular flexibility index (Phi) is 5.15. The summed E-state index contributed by atoms with van der Waals surface area (Å²) in [5, 5.41) is 12.6. The molecule has 0 aromatic carbocycles. The maximum atomic E-state index is 11.3. The normalized spacial score (nSPS) is 13.3. The average Bonchev–Trinajstić information content (AvgIpc) is 2.34. The van der Waals surface area contributed by atoms with Gasteiger partial charge in [-0.05, 0) is 24.5 Å². The van der Waals surface area contributed by atoms with Gasteiger partial charge in [0.05, 0.1) is 5.56 Å². The Morgan fingerprint density at radius 1 is 1.35 bits per heavy atom. The Balaban J connectivity index is 3.19. The van der Waals surface area contributed by atoms with E-state index in [0.29, 0.717) is 17.8 Å². The van der Waals surface area contributed by atoms with Gasteiger partial charge in [0.1, 0.15) is 5.82 Å². The van der Waals surface area contributed by atoms with Gasteiger partial charge in [-0.3, -0.25) is 0 Å². The molecule has 4 heteroatoms. The molecule has 1 heterocycles. The van der Waals surface area contributed by atoms with Crippen LogP contribution in [0.4, 0.5) is 5.82 Å². The lowest BCUT2D eigenvalue weighted by Crippen LogP contribution is -2.26. The van der Waals surface area contributed by atoms with Gasteiger partial charge in [-0.2, -0.15) is 0 Å². The van der Waals surface area contributed by atoms with Crippen LogP contribution in [0.3, 0.4) is 0 Å². The summed E-state index contributed by atoms with van der Waals surface area (Å²) in [6.45, 7) is 12.5. The molecule has 0 radical (unpaired) electrons. The number of hydrogen-bond donors (Lipinski definition) is 2. The Morgan fingerprint density at radius 3 is 2.35 bits per heavy atom. The van der Waals surface area contributed by atoms with Crippen molar-refractivity contribution >= 4 is 11.8 Å². The van der Waals surface area contributed by atoms with E-state index in [9.17, 15) is 9.90 Å². The van der Waals surface area contributed by atoms with Crippen molar-refractivity contribution in [3.63, 3.8) is 0 Å². The van der Waals surface area contributed by atoms with Gasteiger partial charge in [0.2, 0.25) is 0 Å². The molecule has 2 N–H and O–H groups in total. The Bertz CT molecular complexity index is 476. The number of rotatable bonds is 5. The summed E-state index contributed by atoms with van der Waals surface area (Å²) in [6.07, 6.45) is 0.974. The number of carboxylic acid groups (broad SMARTS) is 1. The van der Waals surface area contributed by atoms with E-state index in [1.807, 2.05) is 20.8 Å². The minimum absolute atomic E-state index is 0.179. The van der Waals surface area contributed by atoms with Crippen LogP contribution in [0.5, 0.6) is 0 Å². The van der Waals surface area contributed by atoms with E-state index in [1.54, 1.807) is 12.1 Å². The molecule has 0 aliphatic carbocycles. The van der Waals surface area contributed by atoms with Crippen molar-refractivity contribution in [2.24, 2.45) is 5.92 Å². The van der Waals surface area contributed by atoms with Gasteiger partial charge in [0.25, 0.3) is 0 Å². The van der Waals surface area contributed by atoms with E-state index in [1.165, 1.54) is 0 Å². The first-order valence-corrected chi connectivity index (χ1v) is 7.17. The van der Waals surface area contributed by atoms with Crippen LogP contribution in [-0.4, -0.2) is 22.1 Å². The highest BCUT2D eigenvalue weighted by atomic mass is 16.4. The summed E-state index contributed by atoms with van der Waals surface area (Å²) in [6, 6.07) is 3.56. The number of anilines is 1. The minimum atomic E-state index is -0.918. The molecule has 0 aliphatic heterocycles. The zero-order chi connectivity index (χ0) is 15.5. The lowest BCUT2D eigenvalue weighted by Gasteiger charge is -2.24. The minimum Gasteiger partial charge on any atom is -0.478 e. The summed E-state index contributed by atoms with van der Waals surface area (Å²) in [7, 11) is 0. The monoisotopic (exact) mass is 278 g/mol. The van der Waals surface area contributed by atoms with E-state index in [2.05, 4.69) is 31.1 Å². The van der Waals surface area contributed by atoms with Crippen LogP contribution in [0.2, 0.25) is 0 Å². The van der Waals surface area contributed by atoms with Crippen molar-refractivity contribution in [3.05, 3.63) is 23.4 Å². The van der Waals surface area contributed by atoms with Crippen molar-refractivity contribution in [3.8, 4) is 0 Å². The highest BCUT2D eigenvalue weighted by Gasteiger charge is 2.20. The number of nitrogens with one attached hydrogen (secondary N) is 1. The number of hydrogen-bond acceptors (Lipinski definition) is 3. The highest BCUT2D eigenvalue weighted by Crippen LogP contribution is 2.24. The third-order valence-corrected chi connectivity index (χ3v) is 3.42. The van der Waals surface area contributed by atoms with Crippen LogP contribution < -0.4 is 5.32 Å². The third kappa shape index (κ3) is 4.22. The van der Waals surface area contributed by atoms with Gasteiger partial charge >= 0.3 is 5.97 Å². The largest absolute Gasteiger partial charge is 0.478 e. The second-order valence-electron chi connectivity index (χ2n) is 6.58. The van der Waals surface area contributed by atoms with E-state index in [0.717, 1.165) is 12.1 Å². The fraction of sp³-hybridized carbons (Fsp3) is 0.625. The molecule has 0 saturated carbocycles. The molecule has 0 spiro atoms. The number of pyridine rings is 1. The first kappa shape index (κ1) is 16.5. The Hall–Kier alpha value is -1.58. The molecular formula is C16H26N2O2.